The van der Waals surface area contributed by atoms with Crippen molar-refractivity contribution < 1.29 is 12.8 Å². The van der Waals surface area contributed by atoms with E-state index in [9.17, 15) is 12.8 Å². The van der Waals surface area contributed by atoms with Crippen molar-refractivity contribution in [3.05, 3.63) is 65.5 Å². The van der Waals surface area contributed by atoms with Crippen molar-refractivity contribution in [2.45, 2.75) is 18.0 Å². The smallest absolute Gasteiger partial charge is 0.243 e. The van der Waals surface area contributed by atoms with Crippen molar-refractivity contribution in [1.29, 1.82) is 0 Å². The molecule has 0 bridgehead atoms. The van der Waals surface area contributed by atoms with Crippen LogP contribution in [0.5, 0.6) is 0 Å². The van der Waals surface area contributed by atoms with Crippen molar-refractivity contribution in [3.8, 4) is 0 Å². The molecule has 0 aliphatic carbocycles. The molecule has 2 aromatic carbocycles. The zero-order valence-corrected chi connectivity index (χ0v) is 21.8. The van der Waals surface area contributed by atoms with Crippen LogP contribution in [0.1, 0.15) is 11.1 Å². The van der Waals surface area contributed by atoms with E-state index in [1.165, 1.54) is 12.1 Å². The van der Waals surface area contributed by atoms with Crippen LogP contribution < -0.4 is 5.32 Å². The second kappa shape index (κ2) is 11.9. The summed E-state index contributed by atoms with van der Waals surface area (Å²) in [5, 5.41) is 3.25. The molecule has 176 valence electrons. The number of hydrogen-bond acceptors (Lipinski definition) is 4. The number of hydrogen-bond donors (Lipinski definition) is 1. The number of benzene rings is 2. The fraction of sp³-hybridized carbons (Fsp3) is 0.409. The normalized spacial score (nSPS) is 15.8. The van der Waals surface area contributed by atoms with Crippen molar-refractivity contribution in [1.82, 2.24) is 19.4 Å². The molecule has 0 amide bonds. The van der Waals surface area contributed by atoms with Crippen LogP contribution in [0.25, 0.3) is 0 Å². The monoisotopic (exact) mass is 575 g/mol. The lowest BCUT2D eigenvalue weighted by Crippen LogP contribution is -2.47. The van der Waals surface area contributed by atoms with Gasteiger partial charge in [-0.3, -0.25) is 4.99 Å². The summed E-state index contributed by atoms with van der Waals surface area (Å²) >= 11 is 0. The van der Waals surface area contributed by atoms with Gasteiger partial charge in [-0.05, 0) is 36.4 Å². The molecule has 7 nitrogen and oxygen atoms in total. The van der Waals surface area contributed by atoms with Gasteiger partial charge in [0, 0.05) is 53.4 Å². The Morgan fingerprint density at radius 3 is 2.34 bits per heavy atom. The molecule has 3 rings (SSSR count). The third-order valence-electron chi connectivity index (χ3n) is 5.40. The summed E-state index contributed by atoms with van der Waals surface area (Å²) in [6.07, 6.45) is 0. The molecule has 1 heterocycles. The molecular weight excluding hydrogens is 544 g/mol. The largest absolute Gasteiger partial charge is 0.352 e. The van der Waals surface area contributed by atoms with Crippen LogP contribution in [0.2, 0.25) is 0 Å². The highest BCUT2D eigenvalue weighted by Crippen LogP contribution is 2.21. The number of rotatable bonds is 6. The lowest BCUT2D eigenvalue weighted by atomic mass is 10.2. The summed E-state index contributed by atoms with van der Waals surface area (Å²) in [7, 11) is 1.99. The van der Waals surface area contributed by atoms with Gasteiger partial charge in [-0.15, -0.1) is 24.0 Å². The van der Waals surface area contributed by atoms with Gasteiger partial charge in [0.2, 0.25) is 10.0 Å². The van der Waals surface area contributed by atoms with Crippen molar-refractivity contribution >= 4 is 40.0 Å². The maximum Gasteiger partial charge on any atom is 0.243 e. The van der Waals surface area contributed by atoms with Gasteiger partial charge in [-0.2, -0.15) is 4.31 Å². The zero-order valence-electron chi connectivity index (χ0n) is 18.7. The van der Waals surface area contributed by atoms with E-state index < -0.39 is 10.0 Å². The Kier molecular flexibility index (Phi) is 9.86. The van der Waals surface area contributed by atoms with Gasteiger partial charge in [0.15, 0.2) is 5.96 Å². The number of halogens is 2. The van der Waals surface area contributed by atoms with E-state index in [1.54, 1.807) is 35.6 Å². The number of guanidine groups is 1. The average molecular weight is 575 g/mol. The quantitative estimate of drug-likeness (QED) is 0.326. The van der Waals surface area contributed by atoms with Crippen molar-refractivity contribution in [2.24, 2.45) is 4.99 Å². The lowest BCUT2D eigenvalue weighted by Gasteiger charge is -2.32. The van der Waals surface area contributed by atoms with Crippen molar-refractivity contribution in [2.75, 3.05) is 47.3 Å². The number of likely N-dealkylation sites (N-methyl/N-ethyl adjacent to an activating group) is 1. The SMILES string of the molecule is CN=C(NCc1ccccc1S(=O)(=O)N1CCN(C)CC1)N(C)Cc1ccc(F)cc1.I. The van der Waals surface area contributed by atoms with Crippen LogP contribution in [-0.4, -0.2) is 75.8 Å². The molecule has 0 saturated carbocycles. The van der Waals surface area contributed by atoms with Crippen LogP contribution in [0.3, 0.4) is 0 Å². The Hall–Kier alpha value is -1.76. The number of piperazine rings is 1. The standard InChI is InChI=1S/C22H30FN5O2S.HI/c1-24-22(27(3)17-18-8-10-20(23)11-9-18)25-16-19-6-4-5-7-21(19)31(29,30)28-14-12-26(2)13-15-28;/h4-11H,12-17H2,1-3H3,(H,24,25);1H. The van der Waals surface area contributed by atoms with Gasteiger partial charge >= 0.3 is 0 Å². The predicted molar refractivity (Wildman–Crippen MR) is 136 cm³/mol. The minimum Gasteiger partial charge on any atom is -0.352 e. The minimum absolute atomic E-state index is 0. The van der Waals surface area contributed by atoms with Gasteiger partial charge < -0.3 is 15.1 Å². The number of nitrogens with one attached hydrogen (secondary N) is 1. The summed E-state index contributed by atoms with van der Waals surface area (Å²) in [6, 6.07) is 13.4. The molecular formula is C22H31FIN5O2S. The van der Waals surface area contributed by atoms with Gasteiger partial charge in [-0.1, -0.05) is 30.3 Å². The Balaban J connectivity index is 0.00000363. The first-order valence-corrected chi connectivity index (χ1v) is 11.7. The molecule has 0 spiro atoms. The summed E-state index contributed by atoms with van der Waals surface area (Å²) in [5.41, 5.74) is 1.64. The Bertz CT molecular complexity index is 1010. The van der Waals surface area contributed by atoms with E-state index in [1.807, 2.05) is 31.1 Å². The van der Waals surface area contributed by atoms with Crippen LogP contribution in [0.4, 0.5) is 4.39 Å². The van der Waals surface area contributed by atoms with Gasteiger partial charge in [0.05, 0.1) is 4.90 Å². The zero-order chi connectivity index (χ0) is 22.4. The van der Waals surface area contributed by atoms with E-state index in [0.717, 1.165) is 18.7 Å². The van der Waals surface area contributed by atoms with E-state index in [-0.39, 0.29) is 29.8 Å². The molecule has 2 aromatic rings. The predicted octanol–water partition coefficient (Wildman–Crippen LogP) is 2.59. The highest BCUT2D eigenvalue weighted by molar-refractivity contribution is 14.0. The molecule has 10 heteroatoms. The molecule has 1 aliphatic heterocycles. The summed E-state index contributed by atoms with van der Waals surface area (Å²) in [5.74, 6) is 0.350. The third kappa shape index (κ3) is 6.63. The fourth-order valence-corrected chi connectivity index (χ4v) is 5.21. The van der Waals surface area contributed by atoms with E-state index in [2.05, 4.69) is 15.2 Å². The molecule has 0 aromatic heterocycles. The van der Waals surface area contributed by atoms with Gasteiger partial charge in [-0.25, -0.2) is 12.8 Å². The molecule has 1 fully saturated rings. The second-order valence-electron chi connectivity index (χ2n) is 7.70. The molecule has 0 unspecified atom stereocenters. The molecule has 0 radical (unpaired) electrons. The minimum atomic E-state index is -3.57. The number of nitrogens with zero attached hydrogens (tertiary/aromatic N) is 4. The maximum absolute atomic E-state index is 13.2. The van der Waals surface area contributed by atoms with Crippen LogP contribution >= 0.6 is 24.0 Å². The average Bonchev–Trinajstić information content (AvgIpc) is 2.76. The Morgan fingerprint density at radius 1 is 1.09 bits per heavy atom. The number of aliphatic imine (C=N–C) groups is 1. The molecule has 1 aliphatic rings. The van der Waals surface area contributed by atoms with E-state index >= 15 is 0 Å². The molecule has 1 N–H and O–H groups in total. The second-order valence-corrected chi connectivity index (χ2v) is 9.60. The van der Waals surface area contributed by atoms with E-state index in [0.29, 0.717) is 42.6 Å². The van der Waals surface area contributed by atoms with Crippen LogP contribution in [-0.2, 0) is 23.1 Å². The first-order valence-electron chi connectivity index (χ1n) is 10.2. The van der Waals surface area contributed by atoms with E-state index in [4.69, 9.17) is 0 Å². The van der Waals surface area contributed by atoms with Crippen LogP contribution in [0.15, 0.2) is 58.4 Å². The number of sulfonamides is 1. The van der Waals surface area contributed by atoms with Crippen molar-refractivity contribution in [3.63, 3.8) is 0 Å². The molecule has 1 saturated heterocycles. The summed E-state index contributed by atoms with van der Waals surface area (Å²) < 4.78 is 41.2. The molecule has 0 atom stereocenters. The highest BCUT2D eigenvalue weighted by atomic mass is 127. The first-order chi connectivity index (χ1) is 14.8. The summed E-state index contributed by atoms with van der Waals surface area (Å²) in [6.45, 7) is 3.29. The Labute approximate surface area is 207 Å². The van der Waals surface area contributed by atoms with Crippen LogP contribution in [0, 0.1) is 5.82 Å². The highest BCUT2D eigenvalue weighted by Gasteiger charge is 2.29. The van der Waals surface area contributed by atoms with Gasteiger partial charge in [0.25, 0.3) is 0 Å². The topological polar surface area (TPSA) is 68.2 Å². The van der Waals surface area contributed by atoms with Gasteiger partial charge in [0.1, 0.15) is 5.82 Å². The molecule has 32 heavy (non-hydrogen) atoms. The fourth-order valence-electron chi connectivity index (χ4n) is 3.57. The summed E-state index contributed by atoms with van der Waals surface area (Å²) in [4.78, 5) is 8.65. The maximum atomic E-state index is 13.2. The lowest BCUT2D eigenvalue weighted by molar-refractivity contribution is 0.222. The first kappa shape index (κ1) is 26.5. The Morgan fingerprint density at radius 2 is 1.72 bits per heavy atom. The third-order valence-corrected chi connectivity index (χ3v) is 7.40.